The van der Waals surface area contributed by atoms with Gasteiger partial charge in [0, 0.05) is 22.5 Å². The molecule has 0 unspecified atom stereocenters. The average molecular weight is 411 g/mol. The first kappa shape index (κ1) is 18.9. The van der Waals surface area contributed by atoms with Crippen LogP contribution in [0.4, 0.5) is 0 Å². The van der Waals surface area contributed by atoms with Gasteiger partial charge in [0.15, 0.2) is 5.75 Å². The largest absolute Gasteiger partial charge is 0.425 e. The minimum atomic E-state index is -0.392. The maximum absolute atomic E-state index is 12.2. The number of carbonyl (C=O) groups excluding carboxylic acids is 1. The lowest BCUT2D eigenvalue weighted by Crippen LogP contribution is -2.12. The van der Waals surface area contributed by atoms with Crippen molar-refractivity contribution in [3.05, 3.63) is 45.2 Å². The third-order valence-electron chi connectivity index (χ3n) is 3.91. The molecule has 0 radical (unpaired) electrons. The van der Waals surface area contributed by atoms with Crippen molar-refractivity contribution in [2.45, 2.75) is 31.8 Å². The van der Waals surface area contributed by atoms with E-state index in [9.17, 15) is 4.79 Å². The van der Waals surface area contributed by atoms with E-state index in [1.165, 1.54) is 17.8 Å². The van der Waals surface area contributed by atoms with Gasteiger partial charge in [0.1, 0.15) is 0 Å². The summed E-state index contributed by atoms with van der Waals surface area (Å²) in [4.78, 5) is 21.0. The second kappa shape index (κ2) is 7.82. The predicted molar refractivity (Wildman–Crippen MR) is 102 cm³/mol. The van der Waals surface area contributed by atoms with Crippen LogP contribution in [-0.4, -0.2) is 31.8 Å². The molecule has 3 aromatic rings. The number of rotatable bonds is 5. The summed E-state index contributed by atoms with van der Waals surface area (Å²) in [6.45, 7) is 3.84. The van der Waals surface area contributed by atoms with Gasteiger partial charge in [-0.15, -0.1) is 5.10 Å². The Kier molecular flexibility index (Phi) is 5.70. The normalized spacial score (nSPS) is 11.1. The highest BCUT2D eigenvalue weighted by Crippen LogP contribution is 2.28. The molecule has 0 fully saturated rings. The highest BCUT2D eigenvalue weighted by Gasteiger charge is 2.16. The van der Waals surface area contributed by atoms with Crippen molar-refractivity contribution in [3.8, 4) is 5.75 Å². The van der Waals surface area contributed by atoms with E-state index in [0.29, 0.717) is 27.4 Å². The van der Waals surface area contributed by atoms with Crippen LogP contribution in [0.5, 0.6) is 5.75 Å². The monoisotopic (exact) mass is 410 g/mol. The van der Waals surface area contributed by atoms with E-state index in [1.807, 2.05) is 20.1 Å². The summed E-state index contributed by atoms with van der Waals surface area (Å²) in [6, 6.07) is 4.74. The number of aromatic nitrogens is 4. The Hall–Kier alpha value is -1.83. The molecule has 0 aliphatic carbocycles. The summed E-state index contributed by atoms with van der Waals surface area (Å²) < 4.78 is 7.02. The molecule has 0 N–H and O–H groups in total. The smallest absolute Gasteiger partial charge is 0.311 e. The summed E-state index contributed by atoms with van der Waals surface area (Å²) in [5, 5.41) is 5.86. The quantitative estimate of drug-likeness (QED) is 0.354. The fraction of sp³-hybridized carbons (Fsp3) is 0.294. The van der Waals surface area contributed by atoms with Crippen molar-refractivity contribution in [2.24, 2.45) is 0 Å². The Morgan fingerprint density at radius 3 is 2.77 bits per heavy atom. The Bertz CT molecular complexity index is 991. The number of esters is 1. The molecule has 9 heteroatoms. The lowest BCUT2D eigenvalue weighted by Gasteiger charge is -2.10. The van der Waals surface area contributed by atoms with Crippen LogP contribution in [-0.2, 0) is 11.2 Å². The van der Waals surface area contributed by atoms with E-state index in [2.05, 4.69) is 15.1 Å². The molecule has 1 aromatic carbocycles. The Labute approximate surface area is 164 Å². The molecule has 0 atom stereocenters. The van der Waals surface area contributed by atoms with Crippen LogP contribution in [0.3, 0.4) is 0 Å². The molecule has 0 saturated carbocycles. The van der Waals surface area contributed by atoms with Crippen LogP contribution >= 0.6 is 35.0 Å². The Morgan fingerprint density at radius 1 is 1.27 bits per heavy atom. The molecule has 0 saturated heterocycles. The molecule has 0 aliphatic heterocycles. The summed E-state index contributed by atoms with van der Waals surface area (Å²) in [5.41, 5.74) is 2.68. The van der Waals surface area contributed by atoms with Crippen LogP contribution in [0.25, 0.3) is 5.78 Å². The lowest BCUT2D eigenvalue weighted by atomic mass is 10.1. The number of hydrogen-bond acceptors (Lipinski definition) is 6. The van der Waals surface area contributed by atoms with Gasteiger partial charge in [-0.3, -0.25) is 4.79 Å². The van der Waals surface area contributed by atoms with Crippen LogP contribution in [0.2, 0.25) is 10.0 Å². The molecule has 6 nitrogen and oxygen atoms in total. The van der Waals surface area contributed by atoms with Crippen molar-refractivity contribution in [1.29, 1.82) is 0 Å². The SMILES string of the molecule is CSc1nc2nc(C)c(CCC(=O)Oc3cc(Cl)ccc3Cl)c(C)n2n1. The van der Waals surface area contributed by atoms with Gasteiger partial charge in [-0.1, -0.05) is 35.0 Å². The number of ether oxygens (including phenoxy) is 1. The molecule has 0 aliphatic rings. The molecule has 0 bridgehead atoms. The fourth-order valence-corrected chi connectivity index (χ4v) is 3.25. The summed E-state index contributed by atoms with van der Waals surface area (Å²) in [7, 11) is 0. The van der Waals surface area contributed by atoms with Crippen molar-refractivity contribution in [1.82, 2.24) is 19.6 Å². The van der Waals surface area contributed by atoms with Crippen molar-refractivity contribution >= 4 is 46.7 Å². The number of halogens is 2. The van der Waals surface area contributed by atoms with Crippen molar-refractivity contribution in [3.63, 3.8) is 0 Å². The van der Waals surface area contributed by atoms with Gasteiger partial charge in [0.2, 0.25) is 5.16 Å². The molecular formula is C17H16Cl2N4O2S. The van der Waals surface area contributed by atoms with Gasteiger partial charge in [0.25, 0.3) is 5.78 Å². The van der Waals surface area contributed by atoms with Gasteiger partial charge >= 0.3 is 5.97 Å². The molecule has 3 rings (SSSR count). The summed E-state index contributed by atoms with van der Waals surface area (Å²) in [6.07, 6.45) is 2.57. The first-order valence-electron chi connectivity index (χ1n) is 7.81. The van der Waals surface area contributed by atoms with Crippen molar-refractivity contribution < 1.29 is 9.53 Å². The predicted octanol–water partition coefficient (Wildman–Crippen LogP) is 4.31. The first-order valence-corrected chi connectivity index (χ1v) is 9.79. The lowest BCUT2D eigenvalue weighted by molar-refractivity contribution is -0.134. The number of carbonyl (C=O) groups is 1. The molecule has 2 aromatic heterocycles. The standard InChI is InChI=1S/C17H16Cl2N4O2S/c1-9-12(10(2)23-16(20-9)21-17(22-23)26-3)5-7-15(24)25-14-8-11(18)4-6-13(14)19/h4,6,8H,5,7H2,1-3H3. The maximum atomic E-state index is 12.2. The van der Waals surface area contributed by atoms with E-state index < -0.39 is 5.97 Å². The van der Waals surface area contributed by atoms with Gasteiger partial charge in [0.05, 0.1) is 11.4 Å². The van der Waals surface area contributed by atoms with E-state index >= 15 is 0 Å². The minimum Gasteiger partial charge on any atom is -0.425 e. The van der Waals surface area contributed by atoms with Crippen molar-refractivity contribution in [2.75, 3.05) is 6.26 Å². The first-order chi connectivity index (χ1) is 12.4. The number of fused-ring (bicyclic) bond motifs is 1. The van der Waals surface area contributed by atoms with E-state index in [0.717, 1.165) is 17.0 Å². The number of benzene rings is 1. The van der Waals surface area contributed by atoms with Crippen LogP contribution in [0.1, 0.15) is 23.4 Å². The van der Waals surface area contributed by atoms with E-state index in [-0.39, 0.29) is 12.2 Å². The molecule has 2 heterocycles. The topological polar surface area (TPSA) is 69.4 Å². The van der Waals surface area contributed by atoms with Gasteiger partial charge in [-0.25, -0.2) is 9.50 Å². The maximum Gasteiger partial charge on any atom is 0.311 e. The number of hydrogen-bond donors (Lipinski definition) is 0. The Balaban J connectivity index is 1.76. The fourth-order valence-electron chi connectivity index (χ4n) is 2.59. The van der Waals surface area contributed by atoms with Gasteiger partial charge in [-0.2, -0.15) is 4.98 Å². The summed E-state index contributed by atoms with van der Waals surface area (Å²) >= 11 is 13.4. The van der Waals surface area contributed by atoms with Crippen LogP contribution in [0, 0.1) is 13.8 Å². The highest BCUT2D eigenvalue weighted by molar-refractivity contribution is 7.98. The summed E-state index contributed by atoms with van der Waals surface area (Å²) in [5.74, 6) is 0.421. The molecule has 136 valence electrons. The molecule has 0 spiro atoms. The second-order valence-corrected chi connectivity index (χ2v) is 7.24. The third-order valence-corrected chi connectivity index (χ3v) is 4.99. The van der Waals surface area contributed by atoms with Gasteiger partial charge < -0.3 is 4.74 Å². The van der Waals surface area contributed by atoms with E-state index in [4.69, 9.17) is 27.9 Å². The number of aryl methyl sites for hydroxylation is 2. The molecule has 26 heavy (non-hydrogen) atoms. The van der Waals surface area contributed by atoms with Crippen LogP contribution in [0.15, 0.2) is 23.4 Å². The number of thioether (sulfide) groups is 1. The zero-order chi connectivity index (χ0) is 18.8. The highest BCUT2D eigenvalue weighted by atomic mass is 35.5. The number of nitrogens with zero attached hydrogens (tertiary/aromatic N) is 4. The van der Waals surface area contributed by atoms with E-state index in [1.54, 1.807) is 16.6 Å². The average Bonchev–Trinajstić information content (AvgIpc) is 3.01. The molecule has 0 amide bonds. The zero-order valence-electron chi connectivity index (χ0n) is 14.4. The second-order valence-electron chi connectivity index (χ2n) is 5.62. The zero-order valence-corrected chi connectivity index (χ0v) is 16.7. The van der Waals surface area contributed by atoms with Crippen LogP contribution < -0.4 is 4.74 Å². The third kappa shape index (κ3) is 3.95. The van der Waals surface area contributed by atoms with Gasteiger partial charge in [-0.05, 0) is 44.2 Å². The Morgan fingerprint density at radius 2 is 2.04 bits per heavy atom. The minimum absolute atomic E-state index is 0.182. The molecular weight excluding hydrogens is 395 g/mol.